The zero-order valence-electron chi connectivity index (χ0n) is 18.9. The lowest BCUT2D eigenvalue weighted by molar-refractivity contribution is 0.101. The van der Waals surface area contributed by atoms with Crippen molar-refractivity contribution in [1.82, 2.24) is 9.29 Å². The fourth-order valence-electron chi connectivity index (χ4n) is 4.74. The smallest absolute Gasteiger partial charge is 0.249 e. The Balaban J connectivity index is 1.40. The van der Waals surface area contributed by atoms with Gasteiger partial charge >= 0.3 is 10.2 Å². The highest BCUT2D eigenvalue weighted by Crippen LogP contribution is 2.51. The monoisotopic (exact) mass is 512 g/mol. The molecule has 2 aliphatic heterocycles. The third-order valence-electron chi connectivity index (χ3n) is 6.96. The molecule has 8 nitrogen and oxygen atoms in total. The van der Waals surface area contributed by atoms with E-state index in [1.165, 1.54) is 17.6 Å². The summed E-state index contributed by atoms with van der Waals surface area (Å²) in [4.78, 5) is 4.58. The van der Waals surface area contributed by atoms with E-state index in [1.807, 2.05) is 24.3 Å². The van der Waals surface area contributed by atoms with Crippen LogP contribution in [0.3, 0.4) is 0 Å². The van der Waals surface area contributed by atoms with E-state index >= 15 is 0 Å². The second-order valence-corrected chi connectivity index (χ2v) is 13.1. The Hall–Kier alpha value is -2.31. The van der Waals surface area contributed by atoms with Gasteiger partial charge in [0.15, 0.2) is 5.82 Å². The Kier molecular flexibility index (Phi) is 5.41. The Morgan fingerprint density at radius 1 is 1.15 bits per heavy atom. The van der Waals surface area contributed by atoms with Gasteiger partial charge in [-0.25, -0.2) is 35.1 Å². The van der Waals surface area contributed by atoms with Gasteiger partial charge in [0.25, 0.3) is 5.92 Å². The van der Waals surface area contributed by atoms with E-state index in [-0.39, 0.29) is 24.7 Å². The first-order valence-electron chi connectivity index (χ1n) is 11.1. The van der Waals surface area contributed by atoms with E-state index in [1.54, 1.807) is 12.1 Å². The van der Waals surface area contributed by atoms with Crippen molar-refractivity contribution in [3.05, 3.63) is 42.0 Å². The van der Waals surface area contributed by atoms with Crippen LogP contribution in [0, 0.1) is 5.92 Å². The molecule has 0 amide bonds. The van der Waals surface area contributed by atoms with Gasteiger partial charge in [0.2, 0.25) is 10.0 Å². The number of rotatable bonds is 5. The van der Waals surface area contributed by atoms with Gasteiger partial charge in [-0.2, -0.15) is 8.42 Å². The maximum absolute atomic E-state index is 13.4. The summed E-state index contributed by atoms with van der Waals surface area (Å²) in [5, 5.41) is 0. The molecule has 3 aliphatic rings. The fourth-order valence-corrected chi connectivity index (χ4v) is 7.02. The summed E-state index contributed by atoms with van der Waals surface area (Å²) >= 11 is 0. The molecule has 1 aliphatic carbocycles. The number of halogens is 2. The number of piperidine rings is 1. The largest absolute Gasteiger partial charge is 0.327 e. The number of pyridine rings is 1. The first-order valence-corrected chi connectivity index (χ1v) is 14.3. The summed E-state index contributed by atoms with van der Waals surface area (Å²) in [7, 11) is -5.77. The highest BCUT2D eigenvalue weighted by atomic mass is 32.2. The molecular weight excluding hydrogens is 486 g/mol. The predicted molar refractivity (Wildman–Crippen MR) is 126 cm³/mol. The number of benzene rings is 1. The number of anilines is 2. The zero-order valence-corrected chi connectivity index (χ0v) is 20.5. The second kappa shape index (κ2) is 7.85. The van der Waals surface area contributed by atoms with Gasteiger partial charge in [-0.3, -0.25) is 0 Å². The molecule has 1 unspecified atom stereocenters. The molecule has 0 radical (unpaired) electrons. The van der Waals surface area contributed by atoms with Crippen LogP contribution in [-0.4, -0.2) is 65.0 Å². The number of hydrogen-bond acceptors (Lipinski definition) is 5. The van der Waals surface area contributed by atoms with Crippen molar-refractivity contribution in [1.29, 1.82) is 0 Å². The molecule has 2 aromatic rings. The molecule has 12 heteroatoms. The third kappa shape index (κ3) is 4.05. The van der Waals surface area contributed by atoms with Crippen LogP contribution >= 0.6 is 0 Å². The van der Waals surface area contributed by atoms with Crippen LogP contribution in [-0.2, 0) is 20.2 Å². The van der Waals surface area contributed by atoms with Crippen molar-refractivity contribution in [3.8, 4) is 11.3 Å². The minimum absolute atomic E-state index is 0.214. The molecule has 1 aromatic heterocycles. The number of alkyl halides is 2. The maximum Gasteiger partial charge on any atom is 0.327 e. The predicted octanol–water partition coefficient (Wildman–Crippen LogP) is 3.04. The minimum Gasteiger partial charge on any atom is -0.249 e. The van der Waals surface area contributed by atoms with E-state index in [0.29, 0.717) is 24.5 Å². The van der Waals surface area contributed by atoms with Crippen molar-refractivity contribution in [3.63, 3.8) is 0 Å². The SMILES string of the molecule is CN1c2nc(-c3cccc(C4CCN(S(C)(=O)=O)CC4)c3)ccc2N(CC2CC2(F)F)S1(=O)=O. The van der Waals surface area contributed by atoms with Crippen LogP contribution in [0.25, 0.3) is 11.3 Å². The third-order valence-corrected chi connectivity index (χ3v) is 10.0. The van der Waals surface area contributed by atoms with E-state index in [4.69, 9.17) is 0 Å². The number of fused-ring (bicyclic) bond motifs is 1. The molecule has 0 bridgehead atoms. The van der Waals surface area contributed by atoms with Crippen molar-refractivity contribution < 1.29 is 25.6 Å². The molecule has 1 atom stereocenters. The summed E-state index contributed by atoms with van der Waals surface area (Å²) in [5.74, 6) is -3.37. The summed E-state index contributed by atoms with van der Waals surface area (Å²) in [6, 6.07) is 11.1. The summed E-state index contributed by atoms with van der Waals surface area (Å²) in [5.41, 5.74) is 2.77. The van der Waals surface area contributed by atoms with Crippen LogP contribution in [0.15, 0.2) is 36.4 Å². The average Bonchev–Trinajstić information content (AvgIpc) is 3.36. The maximum atomic E-state index is 13.4. The average molecular weight is 513 g/mol. The highest BCUT2D eigenvalue weighted by molar-refractivity contribution is 7.94. The van der Waals surface area contributed by atoms with Crippen LogP contribution in [0.5, 0.6) is 0 Å². The lowest BCUT2D eigenvalue weighted by Crippen LogP contribution is -2.37. The summed E-state index contributed by atoms with van der Waals surface area (Å²) in [6.45, 7) is 0.683. The molecule has 3 heterocycles. The molecule has 1 saturated carbocycles. The van der Waals surface area contributed by atoms with Gasteiger partial charge in [0.05, 0.1) is 17.6 Å². The van der Waals surface area contributed by atoms with Crippen molar-refractivity contribution in [2.24, 2.45) is 5.92 Å². The topological polar surface area (TPSA) is 90.9 Å². The van der Waals surface area contributed by atoms with Gasteiger partial charge < -0.3 is 0 Å². The van der Waals surface area contributed by atoms with Gasteiger partial charge in [-0.15, -0.1) is 0 Å². The second-order valence-electron chi connectivity index (χ2n) is 9.27. The van der Waals surface area contributed by atoms with Crippen molar-refractivity contribution >= 4 is 31.7 Å². The molecule has 34 heavy (non-hydrogen) atoms. The Morgan fingerprint density at radius 2 is 1.82 bits per heavy atom. The first kappa shape index (κ1) is 23.4. The van der Waals surface area contributed by atoms with Crippen LogP contribution in [0.2, 0.25) is 0 Å². The normalized spacial score (nSPS) is 24.3. The Morgan fingerprint density at radius 3 is 2.44 bits per heavy atom. The lowest BCUT2D eigenvalue weighted by Gasteiger charge is -2.30. The Labute approximate surface area is 198 Å². The van der Waals surface area contributed by atoms with Gasteiger partial charge in [-0.05, 0) is 42.5 Å². The quantitative estimate of drug-likeness (QED) is 0.614. The molecule has 1 saturated heterocycles. The summed E-state index contributed by atoms with van der Waals surface area (Å²) < 4.78 is 79.7. The standard InChI is InChI=1S/C22H26F2N4O4S2/c1-26-21-20(28(34(26,31)32)14-18-13-22(18,23)24)7-6-19(25-21)17-5-3-4-16(12-17)15-8-10-27(11-9-15)33(2,29)30/h3-7,12,15,18H,8-11,13-14H2,1-2H3. The van der Waals surface area contributed by atoms with Crippen LogP contribution in [0.1, 0.15) is 30.7 Å². The van der Waals surface area contributed by atoms with Gasteiger partial charge in [0.1, 0.15) is 0 Å². The molecule has 0 N–H and O–H groups in total. The van der Waals surface area contributed by atoms with Gasteiger partial charge in [-0.1, -0.05) is 18.2 Å². The number of hydrogen-bond donors (Lipinski definition) is 0. The van der Waals surface area contributed by atoms with Crippen LogP contribution < -0.4 is 8.61 Å². The molecule has 5 rings (SSSR count). The number of nitrogens with zero attached hydrogens (tertiary/aromatic N) is 4. The van der Waals surface area contributed by atoms with Crippen molar-refractivity contribution in [2.75, 3.05) is 41.5 Å². The minimum atomic E-state index is -3.95. The first-order chi connectivity index (χ1) is 15.9. The molecule has 2 fully saturated rings. The van der Waals surface area contributed by atoms with E-state index in [2.05, 4.69) is 4.98 Å². The number of aromatic nitrogens is 1. The number of sulfonamides is 1. The highest BCUT2D eigenvalue weighted by Gasteiger charge is 2.59. The van der Waals surface area contributed by atoms with E-state index in [0.717, 1.165) is 32.6 Å². The lowest BCUT2D eigenvalue weighted by atomic mass is 9.89. The molecule has 0 spiro atoms. The molecule has 184 valence electrons. The Bertz CT molecular complexity index is 1340. The molecular formula is C22H26F2N4O4S2. The fraction of sp³-hybridized carbons (Fsp3) is 0.500. The summed E-state index contributed by atoms with van der Waals surface area (Å²) in [6.07, 6.45) is 2.35. The molecule has 1 aromatic carbocycles. The van der Waals surface area contributed by atoms with Crippen LogP contribution in [0.4, 0.5) is 20.3 Å². The van der Waals surface area contributed by atoms with E-state index in [9.17, 15) is 25.6 Å². The van der Waals surface area contributed by atoms with Crippen molar-refractivity contribution in [2.45, 2.75) is 31.1 Å². The van der Waals surface area contributed by atoms with E-state index < -0.39 is 32.1 Å². The van der Waals surface area contributed by atoms with Gasteiger partial charge in [0, 0.05) is 44.6 Å². The zero-order chi connectivity index (χ0) is 24.5.